The molecule has 0 aromatic carbocycles. The van der Waals surface area contributed by atoms with Crippen LogP contribution in [0, 0.1) is 0 Å². The molecule has 0 bridgehead atoms. The van der Waals surface area contributed by atoms with E-state index in [4.69, 9.17) is 4.74 Å². The third-order valence-corrected chi connectivity index (χ3v) is 3.31. The van der Waals surface area contributed by atoms with Gasteiger partial charge in [0.1, 0.15) is 0 Å². The molecule has 1 N–H and O–H groups in total. The van der Waals surface area contributed by atoms with E-state index in [1.165, 1.54) is 12.8 Å². The Labute approximate surface area is 120 Å². The molecule has 7 nitrogen and oxygen atoms in total. The van der Waals surface area contributed by atoms with Crippen molar-refractivity contribution in [2.45, 2.75) is 25.8 Å². The first-order valence-corrected chi connectivity index (χ1v) is 7.12. The molecule has 1 aromatic rings. The average Bonchev–Trinajstić information content (AvgIpc) is 2.86. The third-order valence-electron chi connectivity index (χ3n) is 3.31. The van der Waals surface area contributed by atoms with E-state index in [1.54, 1.807) is 7.05 Å². The minimum Gasteiger partial charge on any atom is -0.464 e. The van der Waals surface area contributed by atoms with E-state index >= 15 is 0 Å². The Hall–Kier alpha value is -1.63. The summed E-state index contributed by atoms with van der Waals surface area (Å²) in [5.74, 6) is 1.26. The molecule has 0 radical (unpaired) electrons. The predicted octanol–water partition coefficient (Wildman–Crippen LogP) is 0.842. The van der Waals surface area contributed by atoms with Crippen molar-refractivity contribution >= 4 is 11.9 Å². The van der Waals surface area contributed by atoms with Crippen LogP contribution < -0.4 is 15.0 Å². The van der Waals surface area contributed by atoms with Crippen LogP contribution in [0.1, 0.15) is 19.8 Å². The van der Waals surface area contributed by atoms with E-state index in [0.29, 0.717) is 30.6 Å². The van der Waals surface area contributed by atoms with Crippen molar-refractivity contribution in [3.05, 3.63) is 0 Å². The maximum absolute atomic E-state index is 5.43. The minimum absolute atomic E-state index is 0.386. The molecule has 0 saturated carbocycles. The maximum atomic E-state index is 5.43. The lowest BCUT2D eigenvalue weighted by Crippen LogP contribution is -2.38. The summed E-state index contributed by atoms with van der Waals surface area (Å²) in [6.07, 6.45) is 2.34. The van der Waals surface area contributed by atoms with Crippen molar-refractivity contribution in [1.82, 2.24) is 19.9 Å². The molecular formula is C13H24N6O. The Balaban J connectivity index is 2.23. The highest BCUT2D eigenvalue weighted by molar-refractivity contribution is 5.40. The minimum atomic E-state index is 0.386. The Morgan fingerprint density at radius 2 is 2.15 bits per heavy atom. The van der Waals surface area contributed by atoms with Crippen LogP contribution in [0.3, 0.4) is 0 Å². The first-order chi connectivity index (χ1) is 9.63. The topological polar surface area (TPSA) is 66.4 Å². The summed E-state index contributed by atoms with van der Waals surface area (Å²) in [7, 11) is 5.99. The molecule has 2 rings (SSSR count). The molecule has 0 spiro atoms. The summed E-state index contributed by atoms with van der Waals surface area (Å²) in [6, 6.07) is 0.837. The number of nitrogens with one attached hydrogen (secondary N) is 1. The summed E-state index contributed by atoms with van der Waals surface area (Å²) < 4.78 is 5.43. The van der Waals surface area contributed by atoms with Crippen LogP contribution >= 0.6 is 0 Å². The van der Waals surface area contributed by atoms with Crippen LogP contribution in [0.2, 0.25) is 0 Å². The lowest BCUT2D eigenvalue weighted by Gasteiger charge is -2.27. The van der Waals surface area contributed by atoms with E-state index in [1.807, 2.05) is 6.92 Å². The molecule has 2 heterocycles. The zero-order valence-electron chi connectivity index (χ0n) is 12.8. The normalized spacial score (nSPS) is 18.6. The van der Waals surface area contributed by atoms with Crippen molar-refractivity contribution in [2.24, 2.45) is 0 Å². The highest BCUT2D eigenvalue weighted by Gasteiger charge is 2.28. The Morgan fingerprint density at radius 3 is 2.80 bits per heavy atom. The molecule has 1 atom stereocenters. The summed E-state index contributed by atoms with van der Waals surface area (Å²) in [5.41, 5.74) is 0. The van der Waals surface area contributed by atoms with Crippen LogP contribution in [0.5, 0.6) is 6.01 Å². The Morgan fingerprint density at radius 1 is 1.35 bits per heavy atom. The summed E-state index contributed by atoms with van der Waals surface area (Å²) in [4.78, 5) is 17.6. The smallest absolute Gasteiger partial charge is 0.323 e. The second-order valence-electron chi connectivity index (χ2n) is 5.18. The van der Waals surface area contributed by atoms with Gasteiger partial charge in [-0.05, 0) is 33.9 Å². The molecule has 112 valence electrons. The molecule has 7 heteroatoms. The average molecular weight is 280 g/mol. The van der Waals surface area contributed by atoms with E-state index in [0.717, 1.165) is 13.1 Å². The zero-order chi connectivity index (χ0) is 14.5. The van der Waals surface area contributed by atoms with Gasteiger partial charge in [0.05, 0.1) is 6.61 Å². The molecule has 1 unspecified atom stereocenters. The predicted molar refractivity (Wildman–Crippen MR) is 79.5 cm³/mol. The van der Waals surface area contributed by atoms with E-state index in [2.05, 4.69) is 44.2 Å². The van der Waals surface area contributed by atoms with Crippen molar-refractivity contribution in [3.63, 3.8) is 0 Å². The maximum Gasteiger partial charge on any atom is 0.323 e. The standard InChI is InChI=1S/C13H24N6O/c1-5-20-13-16-11(14-2)15-12(17-13)19-8-6-7-10(19)9-18(3)4/h10H,5-9H2,1-4H3,(H,14,15,16,17). The Kier molecular flexibility index (Phi) is 4.94. The number of nitrogens with zero attached hydrogens (tertiary/aromatic N) is 5. The number of hydrogen-bond acceptors (Lipinski definition) is 7. The first-order valence-electron chi connectivity index (χ1n) is 7.12. The molecular weight excluding hydrogens is 256 g/mol. The molecule has 1 aliphatic heterocycles. The summed E-state index contributed by atoms with van der Waals surface area (Å²) in [6.45, 7) is 4.46. The third kappa shape index (κ3) is 3.47. The van der Waals surface area contributed by atoms with Gasteiger partial charge in [-0.1, -0.05) is 0 Å². The first kappa shape index (κ1) is 14.8. The van der Waals surface area contributed by atoms with Gasteiger partial charge in [0.25, 0.3) is 0 Å². The zero-order valence-corrected chi connectivity index (χ0v) is 12.8. The van der Waals surface area contributed by atoms with Crippen LogP contribution in [0.15, 0.2) is 0 Å². The van der Waals surface area contributed by atoms with Gasteiger partial charge >= 0.3 is 6.01 Å². The van der Waals surface area contributed by atoms with Crippen LogP contribution in [-0.4, -0.2) is 66.7 Å². The van der Waals surface area contributed by atoms with Gasteiger partial charge in [0.2, 0.25) is 11.9 Å². The molecule has 1 aromatic heterocycles. The molecule has 0 amide bonds. The number of ether oxygens (including phenoxy) is 1. The van der Waals surface area contributed by atoms with Crippen molar-refractivity contribution < 1.29 is 4.74 Å². The van der Waals surface area contributed by atoms with Gasteiger partial charge in [-0.25, -0.2) is 0 Å². The van der Waals surface area contributed by atoms with Gasteiger partial charge in [-0.3, -0.25) is 0 Å². The lowest BCUT2D eigenvalue weighted by atomic mass is 10.2. The molecule has 1 saturated heterocycles. The fourth-order valence-electron chi connectivity index (χ4n) is 2.49. The van der Waals surface area contributed by atoms with Crippen LogP contribution in [0.25, 0.3) is 0 Å². The molecule has 1 fully saturated rings. The summed E-state index contributed by atoms with van der Waals surface area (Å²) >= 11 is 0. The van der Waals surface area contributed by atoms with E-state index < -0.39 is 0 Å². The number of rotatable bonds is 6. The van der Waals surface area contributed by atoms with Gasteiger partial charge in [-0.15, -0.1) is 0 Å². The van der Waals surface area contributed by atoms with Gasteiger partial charge in [0, 0.05) is 26.2 Å². The van der Waals surface area contributed by atoms with Gasteiger partial charge in [-0.2, -0.15) is 15.0 Å². The van der Waals surface area contributed by atoms with Crippen LogP contribution in [0.4, 0.5) is 11.9 Å². The second kappa shape index (κ2) is 6.69. The largest absolute Gasteiger partial charge is 0.464 e. The SMILES string of the molecule is CCOc1nc(NC)nc(N2CCCC2CN(C)C)n1. The number of hydrogen-bond donors (Lipinski definition) is 1. The highest BCUT2D eigenvalue weighted by Crippen LogP contribution is 2.24. The number of aromatic nitrogens is 3. The quantitative estimate of drug-likeness (QED) is 0.828. The van der Waals surface area contributed by atoms with E-state index in [-0.39, 0.29) is 0 Å². The van der Waals surface area contributed by atoms with Crippen molar-refractivity contribution in [2.75, 3.05) is 51.1 Å². The summed E-state index contributed by atoms with van der Waals surface area (Å²) in [5, 5.41) is 2.97. The lowest BCUT2D eigenvalue weighted by molar-refractivity contribution is 0.311. The Bertz CT molecular complexity index is 439. The number of likely N-dealkylation sites (N-methyl/N-ethyl adjacent to an activating group) is 1. The van der Waals surface area contributed by atoms with Crippen molar-refractivity contribution in [3.8, 4) is 6.01 Å². The fraction of sp³-hybridized carbons (Fsp3) is 0.769. The van der Waals surface area contributed by atoms with Crippen molar-refractivity contribution in [1.29, 1.82) is 0 Å². The molecule has 20 heavy (non-hydrogen) atoms. The van der Waals surface area contributed by atoms with Gasteiger partial charge < -0.3 is 19.9 Å². The van der Waals surface area contributed by atoms with Crippen LogP contribution in [-0.2, 0) is 0 Å². The second-order valence-corrected chi connectivity index (χ2v) is 5.18. The molecule has 0 aliphatic carbocycles. The van der Waals surface area contributed by atoms with Gasteiger partial charge in [0.15, 0.2) is 0 Å². The monoisotopic (exact) mass is 280 g/mol. The highest BCUT2D eigenvalue weighted by atomic mass is 16.5. The van der Waals surface area contributed by atoms with E-state index in [9.17, 15) is 0 Å². The fourth-order valence-corrected chi connectivity index (χ4v) is 2.49. The molecule has 1 aliphatic rings. The number of anilines is 2.